The van der Waals surface area contributed by atoms with Gasteiger partial charge in [-0.2, -0.15) is 0 Å². The lowest BCUT2D eigenvalue weighted by molar-refractivity contribution is -0.140. The molecule has 0 N–H and O–H groups in total. The minimum absolute atomic E-state index is 0.309. The first-order chi connectivity index (χ1) is 14.4. The molecule has 0 bridgehead atoms. The average molecular weight is 423 g/mol. The number of hydrogen-bond donors (Lipinski definition) is 0. The molecule has 2 aliphatic rings. The van der Waals surface area contributed by atoms with Crippen LogP contribution in [0.1, 0.15) is 18.9 Å². The van der Waals surface area contributed by atoms with E-state index in [2.05, 4.69) is 6.92 Å². The maximum atomic E-state index is 13.1. The number of benzene rings is 2. The summed E-state index contributed by atoms with van der Waals surface area (Å²) in [4.78, 5) is 55.0. The van der Waals surface area contributed by atoms with E-state index in [1.807, 2.05) is 31.2 Å². The van der Waals surface area contributed by atoms with Gasteiger partial charge in [-0.05, 0) is 37.6 Å². The van der Waals surface area contributed by atoms with Crippen LogP contribution in [0.15, 0.2) is 53.4 Å². The van der Waals surface area contributed by atoms with Gasteiger partial charge in [0.15, 0.2) is 0 Å². The van der Waals surface area contributed by atoms with Crippen LogP contribution >= 0.6 is 11.8 Å². The van der Waals surface area contributed by atoms with Crippen molar-refractivity contribution in [3.63, 3.8) is 0 Å². The van der Waals surface area contributed by atoms with Crippen molar-refractivity contribution < 1.29 is 19.2 Å². The van der Waals surface area contributed by atoms with Crippen LogP contribution in [0.5, 0.6) is 0 Å². The third kappa shape index (κ3) is 3.59. The Hall–Kier alpha value is -3.13. The number of aryl methyl sites for hydroxylation is 1. The van der Waals surface area contributed by atoms with Crippen molar-refractivity contribution in [2.75, 3.05) is 22.9 Å². The summed E-state index contributed by atoms with van der Waals surface area (Å²) < 4.78 is 0. The predicted octanol–water partition coefficient (Wildman–Crippen LogP) is 3.21. The zero-order valence-corrected chi connectivity index (χ0v) is 17.5. The van der Waals surface area contributed by atoms with Crippen molar-refractivity contribution in [2.24, 2.45) is 0 Å². The van der Waals surface area contributed by atoms with Crippen molar-refractivity contribution in [2.45, 2.75) is 30.4 Å². The van der Waals surface area contributed by atoms with Gasteiger partial charge in [0.2, 0.25) is 5.91 Å². The van der Waals surface area contributed by atoms with Gasteiger partial charge in [0.25, 0.3) is 0 Å². The largest absolute Gasteiger partial charge is 0.339 e. The summed E-state index contributed by atoms with van der Waals surface area (Å²) in [5.41, 5.74) is 2.03. The summed E-state index contributed by atoms with van der Waals surface area (Å²) in [6.07, 6.45) is 0.779. The highest BCUT2D eigenvalue weighted by atomic mass is 32.2. The van der Waals surface area contributed by atoms with E-state index in [4.69, 9.17) is 0 Å². The number of para-hydroxylation sites is 1. The lowest BCUT2D eigenvalue weighted by atomic mass is 10.2. The molecular formula is C22H21N3O4S. The summed E-state index contributed by atoms with van der Waals surface area (Å²) in [6.45, 7) is 3.99. The van der Waals surface area contributed by atoms with Gasteiger partial charge in [-0.1, -0.05) is 36.8 Å². The Labute approximate surface area is 178 Å². The molecule has 2 heterocycles. The number of carbonyl (C=O) groups is 4. The molecule has 1 unspecified atom stereocenters. The maximum Gasteiger partial charge on any atom is 0.339 e. The molecule has 0 aromatic heterocycles. The molecule has 8 heteroatoms. The highest BCUT2D eigenvalue weighted by Crippen LogP contribution is 2.37. The topological polar surface area (TPSA) is 78.0 Å². The minimum Gasteiger partial charge on any atom is -0.310 e. The van der Waals surface area contributed by atoms with E-state index in [-0.39, 0.29) is 0 Å². The molecule has 0 spiro atoms. The first kappa shape index (κ1) is 20.2. The number of rotatable bonds is 3. The van der Waals surface area contributed by atoms with Crippen molar-refractivity contribution in [3.8, 4) is 0 Å². The van der Waals surface area contributed by atoms with Crippen molar-refractivity contribution >= 4 is 46.9 Å². The van der Waals surface area contributed by atoms with Gasteiger partial charge >= 0.3 is 17.8 Å². The van der Waals surface area contributed by atoms with Crippen LogP contribution in [0.25, 0.3) is 0 Å². The van der Waals surface area contributed by atoms with Crippen molar-refractivity contribution in [1.82, 2.24) is 4.90 Å². The van der Waals surface area contributed by atoms with Crippen LogP contribution in [0.4, 0.5) is 16.2 Å². The second-order valence-electron chi connectivity index (χ2n) is 7.38. The number of nitrogens with zero attached hydrogens (tertiary/aromatic N) is 3. The van der Waals surface area contributed by atoms with Crippen LogP contribution < -0.4 is 9.80 Å². The van der Waals surface area contributed by atoms with E-state index in [1.165, 1.54) is 0 Å². The number of thioether (sulfide) groups is 1. The molecule has 1 atom stereocenters. The fraction of sp³-hybridized carbons (Fsp3) is 0.273. The highest BCUT2D eigenvalue weighted by molar-refractivity contribution is 8.00. The molecular weight excluding hydrogens is 402 g/mol. The van der Waals surface area contributed by atoms with Crippen molar-refractivity contribution in [1.29, 1.82) is 0 Å². The summed E-state index contributed by atoms with van der Waals surface area (Å²) in [5, 5.41) is 0.331. The third-order valence-electron chi connectivity index (χ3n) is 5.18. The molecule has 4 rings (SSSR count). The summed E-state index contributed by atoms with van der Waals surface area (Å²) >= 11 is 1.69. The second kappa shape index (κ2) is 7.95. The van der Waals surface area contributed by atoms with E-state index >= 15 is 0 Å². The Morgan fingerprint density at radius 1 is 1.03 bits per heavy atom. The molecule has 0 saturated carbocycles. The Kier molecular flexibility index (Phi) is 5.34. The predicted molar refractivity (Wildman–Crippen MR) is 115 cm³/mol. The van der Waals surface area contributed by atoms with Gasteiger partial charge in [0.1, 0.15) is 6.54 Å². The zero-order valence-electron chi connectivity index (χ0n) is 16.7. The number of amides is 5. The zero-order chi connectivity index (χ0) is 21.4. The average Bonchev–Trinajstić information content (AvgIpc) is 2.85. The van der Waals surface area contributed by atoms with Crippen LogP contribution in [0, 0.1) is 6.92 Å². The minimum atomic E-state index is -0.986. The number of imide groups is 2. The van der Waals surface area contributed by atoms with Crippen molar-refractivity contribution in [3.05, 3.63) is 54.1 Å². The molecule has 1 fully saturated rings. The van der Waals surface area contributed by atoms with Crippen LogP contribution in [-0.4, -0.2) is 47.0 Å². The van der Waals surface area contributed by atoms with Crippen LogP contribution in [0.3, 0.4) is 0 Å². The van der Waals surface area contributed by atoms with Gasteiger partial charge in [0, 0.05) is 16.7 Å². The van der Waals surface area contributed by atoms with Gasteiger partial charge < -0.3 is 4.90 Å². The number of anilines is 2. The third-order valence-corrected chi connectivity index (χ3v) is 6.42. The fourth-order valence-corrected chi connectivity index (χ4v) is 4.65. The summed E-state index contributed by atoms with van der Waals surface area (Å²) in [5.74, 6) is -2.32. The number of carbonyl (C=O) groups excluding carboxylic acids is 4. The molecule has 30 heavy (non-hydrogen) atoms. The lowest BCUT2D eigenvalue weighted by Gasteiger charge is -2.24. The van der Waals surface area contributed by atoms with Gasteiger partial charge in [-0.25, -0.2) is 14.6 Å². The fourth-order valence-electron chi connectivity index (χ4n) is 3.53. The molecule has 0 radical (unpaired) electrons. The Morgan fingerprint density at radius 3 is 2.47 bits per heavy atom. The van der Waals surface area contributed by atoms with Gasteiger partial charge in [0.05, 0.1) is 11.4 Å². The molecule has 0 aliphatic carbocycles. The van der Waals surface area contributed by atoms with E-state index in [0.29, 0.717) is 17.5 Å². The second-order valence-corrected chi connectivity index (χ2v) is 8.86. The number of hydrogen-bond acceptors (Lipinski definition) is 5. The highest BCUT2D eigenvalue weighted by Gasteiger charge is 2.46. The normalized spacial score (nSPS) is 19.2. The quantitative estimate of drug-likeness (QED) is 0.560. The molecule has 154 valence electrons. The monoisotopic (exact) mass is 423 g/mol. The number of fused-ring (bicyclic) bond motifs is 1. The first-order valence-electron chi connectivity index (χ1n) is 9.69. The van der Waals surface area contributed by atoms with Crippen LogP contribution in [-0.2, 0) is 14.4 Å². The first-order valence-corrected chi connectivity index (χ1v) is 10.6. The van der Waals surface area contributed by atoms with E-state index in [1.54, 1.807) is 40.9 Å². The number of urea groups is 1. The molecule has 2 aliphatic heterocycles. The standard InChI is InChI=1S/C22H21N3O4S/c1-14-7-9-16(10-8-14)25-21(28)20(27)24(22(25)29)13-19(26)23-12-11-15(2)30-18-6-4-3-5-17(18)23/h3-10,15H,11-13H2,1-2H3. The molecule has 2 aromatic rings. The van der Waals surface area contributed by atoms with Gasteiger partial charge in [-0.3, -0.25) is 14.4 Å². The van der Waals surface area contributed by atoms with Crippen LogP contribution in [0.2, 0.25) is 0 Å². The SMILES string of the molecule is Cc1ccc(N2C(=O)C(=O)N(CC(=O)N3CCC(C)Sc4ccccc43)C2=O)cc1. The smallest absolute Gasteiger partial charge is 0.310 e. The Morgan fingerprint density at radius 2 is 1.73 bits per heavy atom. The summed E-state index contributed by atoms with van der Waals surface area (Å²) in [7, 11) is 0. The van der Waals surface area contributed by atoms with Gasteiger partial charge in [-0.15, -0.1) is 11.8 Å². The molecule has 5 amide bonds. The van der Waals surface area contributed by atoms with E-state index in [0.717, 1.165) is 32.4 Å². The lowest BCUT2D eigenvalue weighted by Crippen LogP contribution is -2.44. The molecule has 7 nitrogen and oxygen atoms in total. The molecule has 1 saturated heterocycles. The summed E-state index contributed by atoms with van der Waals surface area (Å²) in [6, 6.07) is 13.5. The van der Waals surface area contributed by atoms with E-state index < -0.39 is 30.3 Å². The Bertz CT molecular complexity index is 1040. The maximum absolute atomic E-state index is 13.1. The van der Waals surface area contributed by atoms with E-state index in [9.17, 15) is 19.2 Å². The Balaban J connectivity index is 1.57. The molecule has 2 aromatic carbocycles.